The average molecular weight is 1610 g/mol. The minimum absolute atomic E-state index is 0.0193. The van der Waals surface area contributed by atoms with Crippen LogP contribution in [-0.2, 0) is 96.0 Å². The maximum absolute atomic E-state index is 12.7. The number of alkyl carbamates (subject to hydrolysis) is 5. The summed E-state index contributed by atoms with van der Waals surface area (Å²) in [6.07, 6.45) is 22.0. The molecule has 4 aliphatic heterocycles. The fraction of sp³-hybridized carbons (Fsp3) is 0.634. The molecule has 0 radical (unpaired) electrons. The van der Waals surface area contributed by atoms with E-state index in [-0.39, 0.29) is 57.3 Å². The number of rotatable bonds is 45. The number of hydrogen-bond acceptors (Lipinski definition) is 24. The molecule has 5 atom stereocenters. The number of nitrogens with one attached hydrogen (secondary N) is 8. The lowest BCUT2D eigenvalue weighted by Crippen LogP contribution is -2.51. The van der Waals surface area contributed by atoms with Crippen molar-refractivity contribution in [2.24, 2.45) is 17.2 Å². The smallest absolute Gasteiger partial charge is 0.415 e. The van der Waals surface area contributed by atoms with E-state index in [0.29, 0.717) is 77.7 Å². The number of cyclic esters (lactones) is 4. The zero-order valence-electron chi connectivity index (χ0n) is 68.1. The van der Waals surface area contributed by atoms with Gasteiger partial charge >= 0.3 is 54.3 Å². The number of benzene rings is 3. The summed E-state index contributed by atoms with van der Waals surface area (Å²) in [7, 11) is 2.53. The molecule has 7 rings (SSSR count). The van der Waals surface area contributed by atoms with Gasteiger partial charge in [-0.3, -0.25) is 24.0 Å². The monoisotopic (exact) mass is 1610 g/mol. The van der Waals surface area contributed by atoms with Gasteiger partial charge in [-0.1, -0.05) is 170 Å². The van der Waals surface area contributed by atoms with E-state index in [4.69, 9.17) is 40.9 Å². The van der Waals surface area contributed by atoms with E-state index >= 15 is 0 Å². The highest BCUT2D eigenvalue weighted by molar-refractivity contribution is 5.96. The van der Waals surface area contributed by atoms with E-state index < -0.39 is 90.5 Å². The molecule has 4 heterocycles. The van der Waals surface area contributed by atoms with E-state index in [1.165, 1.54) is 78.4 Å². The second kappa shape index (κ2) is 70.2. The molecule has 0 bridgehead atoms. The maximum atomic E-state index is 12.7. The molecule has 3 aromatic carbocycles. The van der Waals surface area contributed by atoms with Crippen molar-refractivity contribution >= 4 is 72.1 Å². The van der Waals surface area contributed by atoms with Gasteiger partial charge < -0.3 is 102 Å². The molecule has 32 nitrogen and oxygen atoms in total. The van der Waals surface area contributed by atoms with Gasteiger partial charge in [-0.2, -0.15) is 0 Å². The van der Waals surface area contributed by atoms with Crippen molar-refractivity contribution in [3.05, 3.63) is 108 Å². The molecule has 14 N–H and O–H groups in total. The van der Waals surface area contributed by atoms with Gasteiger partial charge in [-0.05, 0) is 139 Å². The Labute approximate surface area is 673 Å². The van der Waals surface area contributed by atoms with Gasteiger partial charge in [-0.25, -0.2) is 33.6 Å². The zero-order chi connectivity index (χ0) is 83.9. The minimum atomic E-state index is -0.926. The lowest BCUT2D eigenvalue weighted by atomic mass is 10.1. The second-order valence-electron chi connectivity index (χ2n) is 27.0. The molecule has 32 heteroatoms. The van der Waals surface area contributed by atoms with Crippen molar-refractivity contribution in [2.45, 2.75) is 257 Å². The largest absolute Gasteiger partial charge is 0.469 e. The predicted molar refractivity (Wildman–Crippen MR) is 430 cm³/mol. The average Bonchev–Trinajstić information content (AvgIpc) is 1.71. The summed E-state index contributed by atoms with van der Waals surface area (Å²) in [6.45, 7) is 14.6. The van der Waals surface area contributed by atoms with Crippen molar-refractivity contribution in [2.75, 3.05) is 79.9 Å². The minimum Gasteiger partial charge on any atom is -0.469 e. The van der Waals surface area contributed by atoms with Crippen molar-refractivity contribution in [3.63, 3.8) is 0 Å². The lowest BCUT2D eigenvalue weighted by molar-refractivity contribution is -0.142. The van der Waals surface area contributed by atoms with Crippen LogP contribution < -0.4 is 59.7 Å². The van der Waals surface area contributed by atoms with Crippen LogP contribution in [0.25, 0.3) is 0 Å². The maximum Gasteiger partial charge on any atom is 0.415 e. The lowest BCUT2D eigenvalue weighted by Gasteiger charge is -2.21. The van der Waals surface area contributed by atoms with E-state index in [2.05, 4.69) is 82.3 Å². The normalized spacial score (nSPS) is 14.8. The molecule has 0 saturated carbocycles. The number of carbonyl (C=O) groups excluding carboxylic acids is 12. The van der Waals surface area contributed by atoms with Crippen LogP contribution in [-0.4, -0.2) is 182 Å². The number of amides is 8. The number of methoxy groups -OCH3 is 2. The van der Waals surface area contributed by atoms with Crippen LogP contribution in [0.3, 0.4) is 0 Å². The SMILES string of the molecule is C1CCOC1.C1CCOC1.CCCCCCN.CCCCCCNC(=O)C(CCCCNC(=O)OCc1ccccc1)NC(=O)C(N)CCC(=O)OC.CCCCCCNC(=O)C(N)CCCCNC(=O)OCc1ccccc1.COC(=O)CCC1NC(=O)OC1=O.O=C(NCCCCC1NC(=O)OC1=O)OCc1ccccc1. The number of carbonyl (C=O) groups is 12. The summed E-state index contributed by atoms with van der Waals surface area (Å²) in [5, 5.41) is 21.2. The standard InChI is InChI=1S/C26H42N4O6.C20H33N3O3.C15H18N2O5.C7H9NO5.C6H15N.2C4H8O/c1-3-4-5-10-17-28-25(33)22(30-24(32)21(27)15-16-23(31)35-2)14-9-11-18-29-26(34)36-19-20-12-7-6-8-13-20;1-2-3-4-9-14-22-19(24)18(21)13-8-10-15-23-20(25)26-16-17-11-6-5-7-12-17;18-13-12(17-15(20)22-13)8-4-5-9-16-14(19)21-10-11-6-2-1-3-7-11;1-12-5(9)3-2-4-6(10)13-7(11)8-4;1-2-3-4-5-6-7;2*1-2-4-5-3-1/h6-8,12-13,21-22H,3-5,9-11,14-19,27H2,1-2H3,(H,28,33)(H,29,34)(H,30,32);5-7,11-12,18H,2-4,8-10,13-16,21H2,1H3,(H,22,24)(H,23,25);1-3,6-7,12H,4-5,8-10H2,(H,16,19)(H,17,20);4H,2-3H2,1H3,(H,8,11);2-7H2,1H3;2*1-4H2. The Balaban J connectivity index is 0.000000732. The van der Waals surface area contributed by atoms with E-state index in [1.54, 1.807) is 0 Å². The highest BCUT2D eigenvalue weighted by Crippen LogP contribution is 2.12. The van der Waals surface area contributed by atoms with Gasteiger partial charge in [0, 0.05) is 72.0 Å². The van der Waals surface area contributed by atoms with Gasteiger partial charge in [-0.15, -0.1) is 0 Å². The Morgan fingerprint density at radius 1 is 0.421 bits per heavy atom. The zero-order valence-corrected chi connectivity index (χ0v) is 68.1. The quantitative estimate of drug-likeness (QED) is 0.0108. The summed E-state index contributed by atoms with van der Waals surface area (Å²) in [6, 6.07) is 24.9. The summed E-state index contributed by atoms with van der Waals surface area (Å²) in [5.41, 5.74) is 19.8. The molecule has 0 aliphatic carbocycles. The fourth-order valence-electron chi connectivity index (χ4n) is 10.4. The summed E-state index contributed by atoms with van der Waals surface area (Å²) < 4.78 is 42.8. The third kappa shape index (κ3) is 57.5. The first-order valence-corrected chi connectivity index (χ1v) is 40.4. The van der Waals surface area contributed by atoms with Crippen LogP contribution in [0, 0.1) is 0 Å². The number of hydrogen-bond donors (Lipinski definition) is 11. The first-order valence-electron chi connectivity index (χ1n) is 40.4. The molecule has 4 fully saturated rings. The number of nitrogens with two attached hydrogens (primary N) is 3. The Morgan fingerprint density at radius 2 is 0.781 bits per heavy atom. The number of esters is 4. The summed E-state index contributed by atoms with van der Waals surface area (Å²) >= 11 is 0. The molecule has 642 valence electrons. The first kappa shape index (κ1) is 103. The first-order chi connectivity index (χ1) is 55.2. The highest BCUT2D eigenvalue weighted by atomic mass is 16.6. The molecule has 5 unspecified atom stereocenters. The van der Waals surface area contributed by atoms with Gasteiger partial charge in [0.1, 0.15) is 37.9 Å². The van der Waals surface area contributed by atoms with Gasteiger partial charge in [0.2, 0.25) is 17.7 Å². The third-order valence-electron chi connectivity index (χ3n) is 17.2. The second-order valence-corrected chi connectivity index (χ2v) is 27.0. The Morgan fingerprint density at radius 3 is 1.16 bits per heavy atom. The van der Waals surface area contributed by atoms with Gasteiger partial charge in [0.25, 0.3) is 0 Å². The topological polar surface area (TPSA) is 462 Å². The Bertz CT molecular complexity index is 3050. The van der Waals surface area contributed by atoms with Crippen LogP contribution in [0.15, 0.2) is 91.0 Å². The van der Waals surface area contributed by atoms with Crippen LogP contribution >= 0.6 is 0 Å². The van der Waals surface area contributed by atoms with E-state index in [1.807, 2.05) is 91.0 Å². The molecule has 3 aromatic rings. The van der Waals surface area contributed by atoms with E-state index in [0.717, 1.165) is 101 Å². The van der Waals surface area contributed by atoms with Crippen LogP contribution in [0.1, 0.15) is 224 Å². The number of ether oxygens (including phenoxy) is 9. The molecule has 8 amide bonds. The third-order valence-corrected chi connectivity index (χ3v) is 17.2. The van der Waals surface area contributed by atoms with Crippen molar-refractivity contribution in [1.29, 1.82) is 0 Å². The molecule has 0 spiro atoms. The fourth-order valence-corrected chi connectivity index (χ4v) is 10.4. The van der Waals surface area contributed by atoms with Crippen LogP contribution in [0.5, 0.6) is 0 Å². The van der Waals surface area contributed by atoms with Gasteiger partial charge in [0.05, 0.1) is 26.3 Å². The summed E-state index contributed by atoms with van der Waals surface area (Å²) in [4.78, 5) is 137. The highest BCUT2D eigenvalue weighted by Gasteiger charge is 2.33. The molecule has 4 saturated heterocycles. The molecule has 0 aromatic heterocycles. The van der Waals surface area contributed by atoms with Crippen LogP contribution in [0.4, 0.5) is 24.0 Å². The van der Waals surface area contributed by atoms with Gasteiger partial charge in [0.15, 0.2) is 0 Å². The Kier molecular flexibility index (Phi) is 63.1. The number of unbranched alkanes of at least 4 members (excludes halogenated alkanes) is 12. The van der Waals surface area contributed by atoms with Crippen molar-refractivity contribution in [1.82, 2.24) is 42.5 Å². The van der Waals surface area contributed by atoms with E-state index in [9.17, 15) is 57.5 Å². The Hall–Kier alpha value is -9.50. The van der Waals surface area contributed by atoms with Crippen molar-refractivity contribution in [3.8, 4) is 0 Å². The molecular weight excluding hydrogens is 1470 g/mol. The predicted octanol–water partition coefficient (Wildman–Crippen LogP) is 10.1. The molecule has 4 aliphatic rings. The molecule has 114 heavy (non-hydrogen) atoms. The molecular formula is C82H133N11O21. The van der Waals surface area contributed by atoms with Crippen LogP contribution in [0.2, 0.25) is 0 Å². The summed E-state index contributed by atoms with van der Waals surface area (Å²) in [5.74, 6) is -2.91. The van der Waals surface area contributed by atoms with Crippen molar-refractivity contribution < 1.29 is 100 Å².